The first-order valence-electron chi connectivity index (χ1n) is 7.44. The Hall–Kier alpha value is -1.42. The summed E-state index contributed by atoms with van der Waals surface area (Å²) in [5.41, 5.74) is 1.35. The lowest BCUT2D eigenvalue weighted by Gasteiger charge is -2.15. The highest BCUT2D eigenvalue weighted by Crippen LogP contribution is 2.13. The van der Waals surface area contributed by atoms with Crippen LogP contribution in [0.4, 0.5) is 0 Å². The van der Waals surface area contributed by atoms with Gasteiger partial charge in [-0.1, -0.05) is 53.5 Å². The van der Waals surface area contributed by atoms with Crippen LogP contribution in [0, 0.1) is 5.92 Å². The molecule has 0 aliphatic rings. The van der Waals surface area contributed by atoms with E-state index < -0.39 is 0 Å². The van der Waals surface area contributed by atoms with Crippen molar-refractivity contribution in [1.29, 1.82) is 0 Å². The Morgan fingerprint density at radius 3 is 2.81 bits per heavy atom. The Kier molecular flexibility index (Phi) is 6.18. The molecular formula is C17H21BrN2O. The van der Waals surface area contributed by atoms with E-state index in [1.807, 2.05) is 30.3 Å². The van der Waals surface area contributed by atoms with Gasteiger partial charge in [0.05, 0.1) is 5.52 Å². The number of amides is 1. The normalized spacial score (nSPS) is 12.3. The molecule has 0 aliphatic carbocycles. The van der Waals surface area contributed by atoms with Crippen molar-refractivity contribution in [3.8, 4) is 0 Å². The second kappa shape index (κ2) is 8.13. The fourth-order valence-electron chi connectivity index (χ4n) is 2.43. The molecule has 1 aromatic carbocycles. The van der Waals surface area contributed by atoms with Gasteiger partial charge in [0.25, 0.3) is 5.91 Å². The number of pyridine rings is 1. The molecule has 1 heterocycles. The lowest BCUT2D eigenvalue weighted by atomic mass is 10.0. The maximum atomic E-state index is 12.2. The van der Waals surface area contributed by atoms with E-state index in [0.29, 0.717) is 18.2 Å². The molecule has 1 amide bonds. The van der Waals surface area contributed by atoms with Crippen molar-refractivity contribution >= 4 is 32.7 Å². The number of halogens is 1. The highest BCUT2D eigenvalue weighted by atomic mass is 79.9. The fraction of sp³-hybridized carbons (Fsp3) is 0.412. The number of nitrogens with zero attached hydrogens (tertiary/aromatic N) is 1. The van der Waals surface area contributed by atoms with Gasteiger partial charge >= 0.3 is 0 Å². The molecule has 1 atom stereocenters. The zero-order chi connectivity index (χ0) is 15.1. The van der Waals surface area contributed by atoms with Gasteiger partial charge < -0.3 is 5.32 Å². The summed E-state index contributed by atoms with van der Waals surface area (Å²) < 4.78 is 0. The first-order valence-corrected chi connectivity index (χ1v) is 8.56. The van der Waals surface area contributed by atoms with Crippen LogP contribution in [0.5, 0.6) is 0 Å². The smallest absolute Gasteiger partial charge is 0.269 e. The van der Waals surface area contributed by atoms with Gasteiger partial charge in [0, 0.05) is 17.3 Å². The maximum absolute atomic E-state index is 12.2. The second-order valence-corrected chi connectivity index (χ2v) is 6.02. The molecule has 0 spiro atoms. The number of nitrogens with one attached hydrogen (secondary N) is 1. The van der Waals surface area contributed by atoms with Gasteiger partial charge in [-0.05, 0) is 30.9 Å². The summed E-state index contributed by atoms with van der Waals surface area (Å²) in [6.07, 6.45) is 3.36. The SMILES string of the molecule is CCCC(CCBr)CNC(=O)c1ccc2ccccc2n1. The molecule has 0 bridgehead atoms. The Labute approximate surface area is 134 Å². The highest BCUT2D eigenvalue weighted by Gasteiger charge is 2.12. The number of aromatic nitrogens is 1. The quantitative estimate of drug-likeness (QED) is 0.763. The van der Waals surface area contributed by atoms with Crippen molar-refractivity contribution < 1.29 is 4.79 Å². The molecule has 0 saturated heterocycles. The lowest BCUT2D eigenvalue weighted by molar-refractivity contribution is 0.0941. The van der Waals surface area contributed by atoms with Crippen LogP contribution < -0.4 is 5.32 Å². The van der Waals surface area contributed by atoms with Crippen molar-refractivity contribution in [1.82, 2.24) is 10.3 Å². The molecule has 4 heteroatoms. The minimum absolute atomic E-state index is 0.0866. The number of hydrogen-bond acceptors (Lipinski definition) is 2. The molecule has 21 heavy (non-hydrogen) atoms. The van der Waals surface area contributed by atoms with Crippen LogP contribution in [0.25, 0.3) is 10.9 Å². The first kappa shape index (κ1) is 16.0. The fourth-order valence-corrected chi connectivity index (χ4v) is 3.08. The molecule has 1 N–H and O–H groups in total. The topological polar surface area (TPSA) is 42.0 Å². The molecule has 0 saturated carbocycles. The standard InChI is InChI=1S/C17H21BrN2O/c1-2-5-13(10-11-18)12-19-17(21)16-9-8-14-6-3-4-7-15(14)20-16/h3-4,6-9,13H,2,5,10-12H2,1H3,(H,19,21). The summed E-state index contributed by atoms with van der Waals surface area (Å²) >= 11 is 3.47. The third-order valence-corrected chi connectivity index (χ3v) is 4.05. The van der Waals surface area contributed by atoms with Gasteiger partial charge in [-0.3, -0.25) is 4.79 Å². The predicted octanol–water partition coefficient (Wildman–Crippen LogP) is 4.17. The van der Waals surface area contributed by atoms with Gasteiger partial charge in [-0.2, -0.15) is 0 Å². The Morgan fingerprint density at radius 1 is 1.24 bits per heavy atom. The van der Waals surface area contributed by atoms with E-state index in [9.17, 15) is 4.79 Å². The van der Waals surface area contributed by atoms with E-state index in [2.05, 4.69) is 33.2 Å². The molecule has 1 unspecified atom stereocenters. The summed E-state index contributed by atoms with van der Waals surface area (Å²) in [7, 11) is 0. The van der Waals surface area contributed by atoms with Crippen LogP contribution in [-0.2, 0) is 0 Å². The highest BCUT2D eigenvalue weighted by molar-refractivity contribution is 9.09. The molecule has 2 rings (SSSR count). The van der Waals surface area contributed by atoms with Crippen molar-refractivity contribution in [2.45, 2.75) is 26.2 Å². The molecular weight excluding hydrogens is 328 g/mol. The number of carbonyl (C=O) groups is 1. The minimum Gasteiger partial charge on any atom is -0.350 e. The average molecular weight is 349 g/mol. The van der Waals surface area contributed by atoms with Crippen LogP contribution in [0.1, 0.15) is 36.7 Å². The van der Waals surface area contributed by atoms with E-state index >= 15 is 0 Å². The monoisotopic (exact) mass is 348 g/mol. The summed E-state index contributed by atoms with van der Waals surface area (Å²) in [6.45, 7) is 2.89. The third kappa shape index (κ3) is 4.53. The molecule has 1 aromatic heterocycles. The predicted molar refractivity (Wildman–Crippen MR) is 90.9 cm³/mol. The third-order valence-electron chi connectivity index (χ3n) is 3.60. The van der Waals surface area contributed by atoms with E-state index in [-0.39, 0.29) is 5.91 Å². The zero-order valence-corrected chi connectivity index (χ0v) is 13.9. The van der Waals surface area contributed by atoms with Crippen LogP contribution in [0.3, 0.4) is 0 Å². The van der Waals surface area contributed by atoms with Crippen molar-refractivity contribution in [2.24, 2.45) is 5.92 Å². The van der Waals surface area contributed by atoms with Crippen molar-refractivity contribution in [3.05, 3.63) is 42.1 Å². The van der Waals surface area contributed by atoms with Crippen LogP contribution in [0.2, 0.25) is 0 Å². The second-order valence-electron chi connectivity index (χ2n) is 5.23. The Bertz CT molecular complexity index is 594. The van der Waals surface area contributed by atoms with Gasteiger partial charge in [0.1, 0.15) is 5.69 Å². The lowest BCUT2D eigenvalue weighted by Crippen LogP contribution is -2.30. The van der Waals surface area contributed by atoms with Crippen LogP contribution >= 0.6 is 15.9 Å². The first-order chi connectivity index (χ1) is 10.2. The number of benzene rings is 1. The van der Waals surface area contributed by atoms with E-state index in [4.69, 9.17) is 0 Å². The number of alkyl halides is 1. The van der Waals surface area contributed by atoms with E-state index in [1.54, 1.807) is 6.07 Å². The molecule has 0 aliphatic heterocycles. The molecule has 3 nitrogen and oxygen atoms in total. The molecule has 0 fully saturated rings. The largest absolute Gasteiger partial charge is 0.350 e. The molecule has 112 valence electrons. The molecule has 0 radical (unpaired) electrons. The van der Waals surface area contributed by atoms with Gasteiger partial charge in [0.2, 0.25) is 0 Å². The number of fused-ring (bicyclic) bond motifs is 1. The van der Waals surface area contributed by atoms with Gasteiger partial charge in [0.15, 0.2) is 0 Å². The Balaban J connectivity index is 2.01. The summed E-state index contributed by atoms with van der Waals surface area (Å²) in [6, 6.07) is 11.6. The number of para-hydroxylation sites is 1. The van der Waals surface area contributed by atoms with Gasteiger partial charge in [-0.15, -0.1) is 0 Å². The van der Waals surface area contributed by atoms with Crippen LogP contribution in [-0.4, -0.2) is 22.8 Å². The molecule has 2 aromatic rings. The van der Waals surface area contributed by atoms with Crippen molar-refractivity contribution in [2.75, 3.05) is 11.9 Å². The van der Waals surface area contributed by atoms with Crippen molar-refractivity contribution in [3.63, 3.8) is 0 Å². The summed E-state index contributed by atoms with van der Waals surface area (Å²) in [4.78, 5) is 16.6. The summed E-state index contributed by atoms with van der Waals surface area (Å²) in [5.74, 6) is 0.440. The number of rotatable bonds is 7. The zero-order valence-electron chi connectivity index (χ0n) is 12.3. The number of hydrogen-bond donors (Lipinski definition) is 1. The average Bonchev–Trinajstić information content (AvgIpc) is 2.52. The van der Waals surface area contributed by atoms with Crippen LogP contribution in [0.15, 0.2) is 36.4 Å². The number of carbonyl (C=O) groups excluding carboxylic acids is 1. The van der Waals surface area contributed by atoms with E-state index in [0.717, 1.165) is 35.5 Å². The maximum Gasteiger partial charge on any atom is 0.269 e. The van der Waals surface area contributed by atoms with E-state index in [1.165, 1.54) is 0 Å². The summed E-state index contributed by atoms with van der Waals surface area (Å²) in [5, 5.41) is 5.04. The van der Waals surface area contributed by atoms with Gasteiger partial charge in [-0.25, -0.2) is 4.98 Å². The Morgan fingerprint density at radius 2 is 2.05 bits per heavy atom. The minimum atomic E-state index is -0.0866.